The van der Waals surface area contributed by atoms with E-state index in [2.05, 4.69) is 9.88 Å². The van der Waals surface area contributed by atoms with Gasteiger partial charge in [-0.15, -0.1) is 0 Å². The van der Waals surface area contributed by atoms with E-state index in [0.29, 0.717) is 28.5 Å². The van der Waals surface area contributed by atoms with Gasteiger partial charge >= 0.3 is 0 Å². The lowest BCUT2D eigenvalue weighted by molar-refractivity contribution is 0.0970. The Labute approximate surface area is 212 Å². The average Bonchev–Trinajstić information content (AvgIpc) is 2.94. The molecule has 1 saturated carbocycles. The van der Waals surface area contributed by atoms with Crippen LogP contribution in [0.4, 0.5) is 16.0 Å². The summed E-state index contributed by atoms with van der Waals surface area (Å²) in [7, 11) is 1.62. The monoisotopic (exact) mass is 488 g/mol. The summed E-state index contributed by atoms with van der Waals surface area (Å²) in [6.07, 6.45) is 10.1. The van der Waals surface area contributed by atoms with Crippen LogP contribution in [0.15, 0.2) is 54.7 Å². The van der Waals surface area contributed by atoms with E-state index in [4.69, 9.17) is 9.72 Å². The molecule has 1 saturated heterocycles. The Balaban J connectivity index is 1.61. The first kappa shape index (κ1) is 24.2. The van der Waals surface area contributed by atoms with Crippen LogP contribution in [0.5, 0.6) is 5.75 Å². The lowest BCUT2D eigenvalue weighted by Gasteiger charge is -2.35. The van der Waals surface area contributed by atoms with Crippen LogP contribution < -0.4 is 14.5 Å². The lowest BCUT2D eigenvalue weighted by Crippen LogP contribution is -2.42. The second-order valence-corrected chi connectivity index (χ2v) is 9.63. The van der Waals surface area contributed by atoms with E-state index in [0.717, 1.165) is 57.3 Å². The highest BCUT2D eigenvalue weighted by Gasteiger charge is 2.31. The number of hydrogen-bond acceptors (Lipinski definition) is 5. The summed E-state index contributed by atoms with van der Waals surface area (Å²) in [6, 6.07) is 14.2. The van der Waals surface area contributed by atoms with Crippen LogP contribution in [0.25, 0.3) is 11.3 Å². The van der Waals surface area contributed by atoms with Gasteiger partial charge in [0.2, 0.25) is 5.95 Å². The Morgan fingerprint density at radius 1 is 1.00 bits per heavy atom. The van der Waals surface area contributed by atoms with Crippen LogP contribution in [0, 0.1) is 5.82 Å². The zero-order valence-corrected chi connectivity index (χ0v) is 20.8. The lowest BCUT2D eigenvalue weighted by atomic mass is 9.93. The summed E-state index contributed by atoms with van der Waals surface area (Å²) in [5, 5.41) is 0. The zero-order chi connectivity index (χ0) is 24.9. The molecule has 1 aromatic heterocycles. The fraction of sp³-hybridized carbons (Fsp3) is 0.414. The number of anilines is 2. The first-order valence-electron chi connectivity index (χ1n) is 13.0. The summed E-state index contributed by atoms with van der Waals surface area (Å²) in [4.78, 5) is 27.7. The largest absolute Gasteiger partial charge is 0.497 e. The minimum Gasteiger partial charge on any atom is -0.497 e. The van der Waals surface area contributed by atoms with Gasteiger partial charge in [-0.25, -0.2) is 14.4 Å². The minimum atomic E-state index is -0.402. The van der Waals surface area contributed by atoms with E-state index in [1.165, 1.54) is 18.9 Å². The smallest absolute Gasteiger partial charge is 0.262 e. The summed E-state index contributed by atoms with van der Waals surface area (Å²) in [5.74, 6) is 0.626. The molecule has 188 valence electrons. The SMILES string of the molecule is COc1cccc(N(C(=O)c2cnc(N3CCCCC3)nc2-c2ccccc2F)C2CCCCC2)c1. The molecule has 2 aliphatic rings. The highest BCUT2D eigenvalue weighted by atomic mass is 19.1. The van der Waals surface area contributed by atoms with Gasteiger partial charge in [0.25, 0.3) is 5.91 Å². The molecule has 2 fully saturated rings. The molecule has 7 heteroatoms. The van der Waals surface area contributed by atoms with E-state index in [1.807, 2.05) is 29.2 Å². The van der Waals surface area contributed by atoms with Crippen molar-refractivity contribution in [1.29, 1.82) is 0 Å². The van der Waals surface area contributed by atoms with Crippen LogP contribution in [0.3, 0.4) is 0 Å². The average molecular weight is 489 g/mol. The molecule has 1 amide bonds. The minimum absolute atomic E-state index is 0.0496. The van der Waals surface area contributed by atoms with Crippen LogP contribution in [-0.4, -0.2) is 42.1 Å². The van der Waals surface area contributed by atoms with Crippen molar-refractivity contribution in [3.8, 4) is 17.0 Å². The van der Waals surface area contributed by atoms with Crippen molar-refractivity contribution in [2.45, 2.75) is 57.4 Å². The molecular formula is C29H33FN4O2. The van der Waals surface area contributed by atoms with Gasteiger partial charge in [-0.2, -0.15) is 0 Å². The molecule has 36 heavy (non-hydrogen) atoms. The molecule has 6 nitrogen and oxygen atoms in total. The van der Waals surface area contributed by atoms with E-state index in [9.17, 15) is 4.79 Å². The summed E-state index contributed by atoms with van der Waals surface area (Å²) in [5.41, 5.74) is 1.74. The molecule has 0 spiro atoms. The number of amides is 1. The standard InChI is InChI=1S/C29H33FN4O2/c1-36-23-14-10-13-22(19-23)34(21-11-4-2-5-12-21)28(35)25-20-31-29(33-17-8-3-9-18-33)32-27(25)24-15-6-7-16-26(24)30/h6-7,10,13-16,19-21H,2-5,8-9,11-12,17-18H2,1H3. The second-order valence-electron chi connectivity index (χ2n) is 9.63. The Morgan fingerprint density at radius 2 is 1.75 bits per heavy atom. The van der Waals surface area contributed by atoms with Crippen molar-refractivity contribution in [1.82, 2.24) is 9.97 Å². The quantitative estimate of drug-likeness (QED) is 0.410. The van der Waals surface area contributed by atoms with Crippen LogP contribution >= 0.6 is 0 Å². The number of halogens is 1. The number of nitrogens with zero attached hydrogens (tertiary/aromatic N) is 4. The molecule has 1 aliphatic carbocycles. The first-order chi connectivity index (χ1) is 17.7. The molecule has 0 bridgehead atoms. The highest BCUT2D eigenvalue weighted by Crippen LogP contribution is 2.34. The van der Waals surface area contributed by atoms with Crippen molar-refractivity contribution in [3.63, 3.8) is 0 Å². The molecule has 0 N–H and O–H groups in total. The Kier molecular flexibility index (Phi) is 7.44. The molecule has 2 heterocycles. The van der Waals surface area contributed by atoms with E-state index >= 15 is 4.39 Å². The number of piperidine rings is 1. The second kappa shape index (κ2) is 11.1. The van der Waals surface area contributed by atoms with Crippen molar-refractivity contribution in [2.75, 3.05) is 30.0 Å². The third-order valence-electron chi connectivity index (χ3n) is 7.26. The van der Waals surface area contributed by atoms with Crippen molar-refractivity contribution >= 4 is 17.5 Å². The number of aromatic nitrogens is 2. The van der Waals surface area contributed by atoms with Gasteiger partial charge in [-0.3, -0.25) is 4.79 Å². The number of carbonyl (C=O) groups is 1. The summed E-state index contributed by atoms with van der Waals surface area (Å²) >= 11 is 0. The maximum absolute atomic E-state index is 15.1. The molecular weight excluding hydrogens is 455 g/mol. The highest BCUT2D eigenvalue weighted by molar-refractivity contribution is 6.10. The topological polar surface area (TPSA) is 58.6 Å². The fourth-order valence-electron chi connectivity index (χ4n) is 5.36. The van der Waals surface area contributed by atoms with E-state index in [-0.39, 0.29) is 11.9 Å². The van der Waals surface area contributed by atoms with E-state index < -0.39 is 5.82 Å². The molecule has 5 rings (SSSR count). The Morgan fingerprint density at radius 3 is 2.50 bits per heavy atom. The number of rotatable bonds is 6. The number of methoxy groups -OCH3 is 1. The van der Waals surface area contributed by atoms with Gasteiger partial charge in [-0.1, -0.05) is 37.5 Å². The molecule has 3 aromatic rings. The maximum atomic E-state index is 15.1. The number of carbonyl (C=O) groups excluding carboxylic acids is 1. The molecule has 0 atom stereocenters. The van der Waals surface area contributed by atoms with Crippen molar-refractivity contribution < 1.29 is 13.9 Å². The van der Waals surface area contributed by atoms with Crippen LogP contribution in [-0.2, 0) is 0 Å². The molecule has 1 aliphatic heterocycles. The zero-order valence-electron chi connectivity index (χ0n) is 20.8. The normalized spacial score (nSPS) is 16.6. The third kappa shape index (κ3) is 5.06. The molecule has 0 unspecified atom stereocenters. The Hall–Kier alpha value is -3.48. The van der Waals surface area contributed by atoms with Crippen molar-refractivity contribution in [3.05, 3.63) is 66.1 Å². The summed E-state index contributed by atoms with van der Waals surface area (Å²) < 4.78 is 20.5. The van der Waals surface area contributed by atoms with Gasteiger partial charge in [0.05, 0.1) is 18.4 Å². The maximum Gasteiger partial charge on any atom is 0.262 e. The number of hydrogen-bond donors (Lipinski definition) is 0. The number of ether oxygens (including phenoxy) is 1. The van der Waals surface area contributed by atoms with Gasteiger partial charge < -0.3 is 14.5 Å². The predicted octanol–water partition coefficient (Wildman–Crippen LogP) is 6.26. The molecule has 2 aromatic carbocycles. The Bertz CT molecular complexity index is 1210. The third-order valence-corrected chi connectivity index (χ3v) is 7.26. The van der Waals surface area contributed by atoms with Gasteiger partial charge in [-0.05, 0) is 56.4 Å². The van der Waals surface area contributed by atoms with E-state index in [1.54, 1.807) is 31.5 Å². The first-order valence-corrected chi connectivity index (χ1v) is 13.0. The van der Waals surface area contributed by atoms with Crippen LogP contribution in [0.1, 0.15) is 61.7 Å². The van der Waals surface area contributed by atoms with Crippen LogP contribution in [0.2, 0.25) is 0 Å². The summed E-state index contributed by atoms with van der Waals surface area (Å²) in [6.45, 7) is 1.73. The molecule has 0 radical (unpaired) electrons. The number of benzene rings is 2. The predicted molar refractivity (Wildman–Crippen MR) is 140 cm³/mol. The fourth-order valence-corrected chi connectivity index (χ4v) is 5.36. The van der Waals surface area contributed by atoms with Gasteiger partial charge in [0.1, 0.15) is 11.6 Å². The van der Waals surface area contributed by atoms with Gasteiger partial charge in [0, 0.05) is 42.6 Å². The van der Waals surface area contributed by atoms with Crippen molar-refractivity contribution in [2.24, 2.45) is 0 Å². The van der Waals surface area contributed by atoms with Gasteiger partial charge in [0.15, 0.2) is 0 Å².